The molecule has 2 aromatic rings. The Bertz CT molecular complexity index is 782. The third-order valence-corrected chi connectivity index (χ3v) is 3.83. The molecule has 142 valence electrons. The van der Waals surface area contributed by atoms with E-state index in [1.807, 2.05) is 55.5 Å². The first kappa shape index (κ1) is 20.1. The van der Waals surface area contributed by atoms with Crippen LogP contribution in [0.15, 0.2) is 42.5 Å². The number of nitrogens with one attached hydrogen (secondary N) is 1. The normalized spacial score (nSPS) is 9.96. The van der Waals surface area contributed by atoms with Gasteiger partial charge in [-0.15, -0.1) is 0 Å². The van der Waals surface area contributed by atoms with Gasteiger partial charge in [-0.1, -0.05) is 23.8 Å². The van der Waals surface area contributed by atoms with Crippen molar-refractivity contribution in [2.45, 2.75) is 19.8 Å². The predicted octanol–water partition coefficient (Wildman–Crippen LogP) is 3.03. The van der Waals surface area contributed by atoms with E-state index in [-0.39, 0.29) is 12.3 Å². The van der Waals surface area contributed by atoms with Gasteiger partial charge in [-0.05, 0) is 43.2 Å². The standard InChI is InChI=1S/C21H24N2O4/c1-16-3-6-18(7-4-16)26-13-14-27-19-8-5-17(15-20(19)25-2)10-12-23-21(24)9-11-22/h3-8,15H,9-10,12-14H2,1-2H3,(H,23,24). The van der Waals surface area contributed by atoms with E-state index < -0.39 is 0 Å². The van der Waals surface area contributed by atoms with Gasteiger partial charge in [-0.3, -0.25) is 4.79 Å². The van der Waals surface area contributed by atoms with E-state index >= 15 is 0 Å². The lowest BCUT2D eigenvalue weighted by molar-refractivity contribution is -0.120. The van der Waals surface area contributed by atoms with E-state index in [0.717, 1.165) is 11.3 Å². The summed E-state index contributed by atoms with van der Waals surface area (Å²) in [7, 11) is 1.59. The Labute approximate surface area is 159 Å². The van der Waals surface area contributed by atoms with E-state index in [4.69, 9.17) is 19.5 Å². The molecule has 0 saturated carbocycles. The number of carbonyl (C=O) groups excluding carboxylic acids is 1. The first-order valence-electron chi connectivity index (χ1n) is 8.75. The second-order valence-electron chi connectivity index (χ2n) is 5.93. The first-order valence-corrected chi connectivity index (χ1v) is 8.75. The SMILES string of the molecule is COc1cc(CCNC(=O)CC#N)ccc1OCCOc1ccc(C)cc1. The third-order valence-electron chi connectivity index (χ3n) is 3.83. The summed E-state index contributed by atoms with van der Waals surface area (Å²) >= 11 is 0. The van der Waals surface area contributed by atoms with Crippen molar-refractivity contribution in [1.29, 1.82) is 5.26 Å². The number of benzene rings is 2. The summed E-state index contributed by atoms with van der Waals surface area (Å²) < 4.78 is 16.8. The quantitative estimate of drug-likeness (QED) is 0.652. The van der Waals surface area contributed by atoms with Gasteiger partial charge in [0.1, 0.15) is 25.4 Å². The smallest absolute Gasteiger partial charge is 0.234 e. The molecule has 0 atom stereocenters. The maximum absolute atomic E-state index is 11.3. The summed E-state index contributed by atoms with van der Waals surface area (Å²) in [5, 5.41) is 11.2. The Hall–Kier alpha value is -3.20. The first-order chi connectivity index (χ1) is 13.1. The highest BCUT2D eigenvalue weighted by atomic mass is 16.5. The van der Waals surface area contributed by atoms with Crippen LogP contribution in [0.4, 0.5) is 0 Å². The van der Waals surface area contributed by atoms with Crippen LogP contribution in [0.5, 0.6) is 17.2 Å². The largest absolute Gasteiger partial charge is 0.493 e. The zero-order valence-corrected chi connectivity index (χ0v) is 15.7. The van der Waals surface area contributed by atoms with Crippen LogP contribution >= 0.6 is 0 Å². The molecule has 2 aromatic carbocycles. The number of carbonyl (C=O) groups is 1. The van der Waals surface area contributed by atoms with E-state index in [1.165, 1.54) is 5.56 Å². The van der Waals surface area contributed by atoms with Crippen molar-refractivity contribution in [1.82, 2.24) is 5.32 Å². The fourth-order valence-corrected chi connectivity index (χ4v) is 2.41. The lowest BCUT2D eigenvalue weighted by atomic mass is 10.1. The molecule has 0 aromatic heterocycles. The molecule has 6 heteroatoms. The van der Waals surface area contributed by atoms with Crippen LogP contribution < -0.4 is 19.5 Å². The molecule has 0 fully saturated rings. The Morgan fingerprint density at radius 2 is 1.81 bits per heavy atom. The fraction of sp³-hybridized carbons (Fsp3) is 0.333. The second-order valence-corrected chi connectivity index (χ2v) is 5.93. The third kappa shape index (κ3) is 6.90. The Balaban J connectivity index is 1.80. The molecule has 0 aliphatic rings. The van der Waals surface area contributed by atoms with Crippen LogP contribution in [-0.2, 0) is 11.2 Å². The zero-order chi connectivity index (χ0) is 19.5. The maximum atomic E-state index is 11.3. The van der Waals surface area contributed by atoms with Gasteiger partial charge in [-0.25, -0.2) is 0 Å². The molecule has 0 unspecified atom stereocenters. The number of rotatable bonds is 10. The van der Waals surface area contributed by atoms with Crippen molar-refractivity contribution in [3.8, 4) is 23.3 Å². The van der Waals surface area contributed by atoms with E-state index in [2.05, 4.69) is 5.32 Å². The highest BCUT2D eigenvalue weighted by Gasteiger charge is 2.07. The van der Waals surface area contributed by atoms with Crippen molar-refractivity contribution in [3.63, 3.8) is 0 Å². The second kappa shape index (κ2) is 10.7. The van der Waals surface area contributed by atoms with Gasteiger partial charge in [0.05, 0.1) is 13.2 Å². The van der Waals surface area contributed by atoms with Crippen LogP contribution in [0.25, 0.3) is 0 Å². The van der Waals surface area contributed by atoms with Gasteiger partial charge in [0.15, 0.2) is 11.5 Å². The van der Waals surface area contributed by atoms with Gasteiger partial charge in [0.25, 0.3) is 0 Å². The highest BCUT2D eigenvalue weighted by molar-refractivity contribution is 5.77. The van der Waals surface area contributed by atoms with Crippen molar-refractivity contribution in [2.24, 2.45) is 0 Å². The number of amides is 1. The molecule has 1 N–H and O–H groups in total. The molecule has 2 rings (SSSR count). The molecular formula is C21H24N2O4. The molecule has 0 heterocycles. The van der Waals surface area contributed by atoms with Crippen molar-refractivity contribution in [3.05, 3.63) is 53.6 Å². The van der Waals surface area contributed by atoms with Gasteiger partial charge in [0.2, 0.25) is 5.91 Å². The maximum Gasteiger partial charge on any atom is 0.234 e. The number of nitriles is 1. The van der Waals surface area contributed by atoms with Gasteiger partial charge >= 0.3 is 0 Å². The minimum atomic E-state index is -0.266. The van der Waals surface area contributed by atoms with E-state index in [0.29, 0.717) is 37.7 Å². The van der Waals surface area contributed by atoms with Crippen LogP contribution in [0.2, 0.25) is 0 Å². The van der Waals surface area contributed by atoms with E-state index in [1.54, 1.807) is 7.11 Å². The number of hydrogen-bond donors (Lipinski definition) is 1. The van der Waals surface area contributed by atoms with Gasteiger partial charge < -0.3 is 19.5 Å². The fourth-order valence-electron chi connectivity index (χ4n) is 2.41. The van der Waals surface area contributed by atoms with Crippen molar-refractivity contribution < 1.29 is 19.0 Å². The molecule has 0 aliphatic carbocycles. The van der Waals surface area contributed by atoms with Crippen molar-refractivity contribution in [2.75, 3.05) is 26.9 Å². The van der Waals surface area contributed by atoms with Crippen LogP contribution in [-0.4, -0.2) is 32.8 Å². The lowest BCUT2D eigenvalue weighted by Gasteiger charge is -2.13. The minimum absolute atomic E-state index is 0.124. The zero-order valence-electron chi connectivity index (χ0n) is 15.7. The number of ether oxygens (including phenoxy) is 3. The lowest BCUT2D eigenvalue weighted by Crippen LogP contribution is -2.24. The summed E-state index contributed by atoms with van der Waals surface area (Å²) in [6.07, 6.45) is 0.519. The topological polar surface area (TPSA) is 80.6 Å². The highest BCUT2D eigenvalue weighted by Crippen LogP contribution is 2.28. The Morgan fingerprint density at radius 3 is 2.52 bits per heavy atom. The molecule has 6 nitrogen and oxygen atoms in total. The monoisotopic (exact) mass is 368 g/mol. The summed E-state index contributed by atoms with van der Waals surface area (Å²) in [6, 6.07) is 15.3. The number of hydrogen-bond acceptors (Lipinski definition) is 5. The van der Waals surface area contributed by atoms with E-state index in [9.17, 15) is 4.79 Å². The Kier molecular flexibility index (Phi) is 7.98. The minimum Gasteiger partial charge on any atom is -0.493 e. The molecule has 0 aliphatic heterocycles. The van der Waals surface area contributed by atoms with Crippen LogP contribution in [0.3, 0.4) is 0 Å². The average molecular weight is 368 g/mol. The average Bonchev–Trinajstić information content (AvgIpc) is 2.67. The molecule has 1 amide bonds. The summed E-state index contributed by atoms with van der Waals surface area (Å²) in [5.41, 5.74) is 2.19. The summed E-state index contributed by atoms with van der Waals surface area (Å²) in [5.74, 6) is 1.82. The predicted molar refractivity (Wildman–Crippen MR) is 102 cm³/mol. The van der Waals surface area contributed by atoms with Crippen LogP contribution in [0.1, 0.15) is 17.5 Å². The molecule has 0 bridgehead atoms. The molecule has 0 spiro atoms. The molecule has 27 heavy (non-hydrogen) atoms. The molecule has 0 saturated heterocycles. The van der Waals surface area contributed by atoms with Gasteiger partial charge in [0, 0.05) is 6.54 Å². The Morgan fingerprint density at radius 1 is 1.07 bits per heavy atom. The number of aryl methyl sites for hydroxylation is 1. The van der Waals surface area contributed by atoms with Crippen LogP contribution in [0, 0.1) is 18.3 Å². The summed E-state index contributed by atoms with van der Waals surface area (Å²) in [4.78, 5) is 11.3. The summed E-state index contributed by atoms with van der Waals surface area (Å²) in [6.45, 7) is 3.32. The number of methoxy groups -OCH3 is 1. The number of nitrogens with zero attached hydrogens (tertiary/aromatic N) is 1. The van der Waals surface area contributed by atoms with Gasteiger partial charge in [-0.2, -0.15) is 5.26 Å². The molecular weight excluding hydrogens is 344 g/mol. The van der Waals surface area contributed by atoms with Crippen molar-refractivity contribution >= 4 is 5.91 Å². The molecule has 0 radical (unpaired) electrons.